The summed E-state index contributed by atoms with van der Waals surface area (Å²) in [7, 11) is 0. The van der Waals surface area contributed by atoms with Crippen molar-refractivity contribution in [2.24, 2.45) is 0 Å². The maximum atomic E-state index is 9.88. The van der Waals surface area contributed by atoms with Crippen LogP contribution in [0, 0.1) is 0 Å². The Balaban J connectivity index is 1.88. The minimum Gasteiger partial charge on any atom is -0.394 e. The van der Waals surface area contributed by atoms with E-state index in [1.807, 2.05) is 0 Å². The van der Waals surface area contributed by atoms with E-state index in [0.29, 0.717) is 6.61 Å². The lowest BCUT2D eigenvalue weighted by atomic mass is 10.1. The summed E-state index contributed by atoms with van der Waals surface area (Å²) < 4.78 is 11.0. The predicted octanol–water partition coefficient (Wildman–Crippen LogP) is 4.52. The second-order valence-electron chi connectivity index (χ2n) is 8.39. The Labute approximate surface area is 178 Å². The number of aliphatic hydroxyl groups excluding tert-OH is 3. The topological polar surface area (TPSA) is 79.2 Å². The fourth-order valence-corrected chi connectivity index (χ4v) is 3.83. The third-order valence-corrected chi connectivity index (χ3v) is 5.70. The van der Waals surface area contributed by atoms with Gasteiger partial charge in [-0.3, -0.25) is 0 Å². The molecule has 0 amide bonds. The number of ether oxygens (including phenoxy) is 2. The van der Waals surface area contributed by atoms with E-state index in [9.17, 15) is 10.2 Å². The quantitative estimate of drug-likeness (QED) is 0.214. The average molecular weight is 415 g/mol. The van der Waals surface area contributed by atoms with Gasteiger partial charge in [-0.1, -0.05) is 76.9 Å². The summed E-state index contributed by atoms with van der Waals surface area (Å²) in [6, 6.07) is 0. The molecule has 5 nitrogen and oxygen atoms in total. The zero-order valence-corrected chi connectivity index (χ0v) is 18.6. The van der Waals surface area contributed by atoms with Crippen LogP contribution in [0.25, 0.3) is 0 Å². The van der Waals surface area contributed by atoms with E-state index in [1.165, 1.54) is 70.6 Å². The van der Waals surface area contributed by atoms with Gasteiger partial charge >= 0.3 is 0 Å². The molecule has 5 heteroatoms. The van der Waals surface area contributed by atoms with Gasteiger partial charge in [0.25, 0.3) is 0 Å². The first-order valence-corrected chi connectivity index (χ1v) is 12.1. The van der Waals surface area contributed by atoms with E-state index in [1.54, 1.807) is 0 Å². The van der Waals surface area contributed by atoms with Crippen molar-refractivity contribution in [3.8, 4) is 0 Å². The highest BCUT2D eigenvalue weighted by atomic mass is 16.6. The summed E-state index contributed by atoms with van der Waals surface area (Å²) in [4.78, 5) is 0. The number of rotatable bonds is 19. The second kappa shape index (κ2) is 18.3. The van der Waals surface area contributed by atoms with Crippen LogP contribution in [-0.4, -0.2) is 59.6 Å². The summed E-state index contributed by atoms with van der Waals surface area (Å²) >= 11 is 0. The van der Waals surface area contributed by atoms with E-state index in [4.69, 9.17) is 14.6 Å². The lowest BCUT2D eigenvalue weighted by molar-refractivity contribution is -0.0937. The first-order valence-electron chi connectivity index (χ1n) is 12.1. The fourth-order valence-electron chi connectivity index (χ4n) is 3.83. The van der Waals surface area contributed by atoms with E-state index in [2.05, 4.69) is 19.1 Å². The molecular formula is C24H46O5. The second-order valence-corrected chi connectivity index (χ2v) is 8.39. The molecule has 1 heterocycles. The van der Waals surface area contributed by atoms with Gasteiger partial charge in [-0.25, -0.2) is 0 Å². The molecule has 0 unspecified atom stereocenters. The Bertz CT molecular complexity index is 387. The monoisotopic (exact) mass is 414 g/mol. The largest absolute Gasteiger partial charge is 0.394 e. The van der Waals surface area contributed by atoms with E-state index >= 15 is 0 Å². The molecule has 1 saturated heterocycles. The van der Waals surface area contributed by atoms with Gasteiger partial charge in [0.05, 0.1) is 13.2 Å². The molecule has 1 aliphatic rings. The smallest absolute Gasteiger partial charge is 0.114 e. The Morgan fingerprint density at radius 2 is 1.45 bits per heavy atom. The van der Waals surface area contributed by atoms with Crippen molar-refractivity contribution in [3.63, 3.8) is 0 Å². The van der Waals surface area contributed by atoms with Crippen LogP contribution in [0.3, 0.4) is 0 Å². The van der Waals surface area contributed by atoms with Crippen molar-refractivity contribution < 1.29 is 24.8 Å². The van der Waals surface area contributed by atoms with Crippen LogP contribution in [0.15, 0.2) is 12.2 Å². The molecule has 0 aromatic heterocycles. The molecule has 0 aliphatic carbocycles. The molecule has 29 heavy (non-hydrogen) atoms. The Morgan fingerprint density at radius 1 is 0.897 bits per heavy atom. The number of aliphatic hydroxyl groups is 3. The zero-order chi connectivity index (χ0) is 21.2. The van der Waals surface area contributed by atoms with Crippen molar-refractivity contribution in [2.45, 2.75) is 121 Å². The molecule has 0 aromatic rings. The molecule has 0 radical (unpaired) electrons. The van der Waals surface area contributed by atoms with Gasteiger partial charge in [-0.05, 0) is 32.1 Å². The average Bonchev–Trinajstić information content (AvgIpc) is 3.10. The van der Waals surface area contributed by atoms with E-state index < -0.39 is 24.4 Å². The lowest BCUT2D eigenvalue weighted by Crippen LogP contribution is -2.42. The Morgan fingerprint density at radius 3 is 2.03 bits per heavy atom. The number of allylic oxidation sites excluding steroid dienone is 2. The molecular weight excluding hydrogens is 368 g/mol. The van der Waals surface area contributed by atoms with Crippen LogP contribution in [0.1, 0.15) is 96.8 Å². The van der Waals surface area contributed by atoms with Crippen LogP contribution in [0.2, 0.25) is 0 Å². The highest BCUT2D eigenvalue weighted by molar-refractivity contribution is 4.89. The normalized spacial score (nSPS) is 23.2. The van der Waals surface area contributed by atoms with Crippen molar-refractivity contribution >= 4 is 0 Å². The summed E-state index contributed by atoms with van der Waals surface area (Å²) in [5, 5.41) is 28.6. The van der Waals surface area contributed by atoms with Gasteiger partial charge in [0.15, 0.2) is 0 Å². The van der Waals surface area contributed by atoms with Crippen LogP contribution < -0.4 is 0 Å². The SMILES string of the molecule is CCCCCCCCCCCC/C=C/CCCCO[C@H]1[C@@H]([C@H](O)CO)OC[C@@H]1O. The third-order valence-electron chi connectivity index (χ3n) is 5.70. The van der Waals surface area contributed by atoms with Crippen molar-refractivity contribution in [1.29, 1.82) is 0 Å². The molecule has 0 spiro atoms. The first kappa shape index (κ1) is 26.6. The molecule has 1 fully saturated rings. The molecule has 3 N–H and O–H groups in total. The maximum Gasteiger partial charge on any atom is 0.114 e. The molecule has 1 rings (SSSR count). The van der Waals surface area contributed by atoms with Crippen LogP contribution in [-0.2, 0) is 9.47 Å². The van der Waals surface area contributed by atoms with Crippen molar-refractivity contribution in [1.82, 2.24) is 0 Å². The van der Waals surface area contributed by atoms with Gasteiger partial charge in [0.2, 0.25) is 0 Å². The number of hydrogen-bond donors (Lipinski definition) is 3. The predicted molar refractivity (Wildman–Crippen MR) is 118 cm³/mol. The Kier molecular flexibility index (Phi) is 16.8. The van der Waals surface area contributed by atoms with Gasteiger partial charge in [-0.15, -0.1) is 0 Å². The summed E-state index contributed by atoms with van der Waals surface area (Å²) in [6.45, 7) is 2.56. The highest BCUT2D eigenvalue weighted by Crippen LogP contribution is 2.21. The summed E-state index contributed by atoms with van der Waals surface area (Å²) in [5.74, 6) is 0. The van der Waals surface area contributed by atoms with Crippen molar-refractivity contribution in [2.75, 3.05) is 19.8 Å². The Hall–Kier alpha value is -0.460. The van der Waals surface area contributed by atoms with Gasteiger partial charge < -0.3 is 24.8 Å². The van der Waals surface area contributed by atoms with Crippen molar-refractivity contribution in [3.05, 3.63) is 12.2 Å². The van der Waals surface area contributed by atoms with Gasteiger partial charge in [0, 0.05) is 6.61 Å². The van der Waals surface area contributed by atoms with Crippen LogP contribution in [0.4, 0.5) is 0 Å². The molecule has 0 saturated carbocycles. The minimum atomic E-state index is -1.01. The standard InChI is InChI=1S/C24H46O5/c1-2-3-4-5-6-7-8-9-10-11-12-13-14-15-16-17-18-28-24-22(27)20-29-23(24)21(26)19-25/h13-14,21-27H,2-12,15-20H2,1H3/b14-13+/t21-,22+,23-,24-/m1/s1. The maximum absolute atomic E-state index is 9.88. The number of unbranched alkanes of at least 4 members (excludes halogenated alkanes) is 12. The fraction of sp³-hybridized carbons (Fsp3) is 0.917. The third kappa shape index (κ3) is 12.7. The summed E-state index contributed by atoms with van der Waals surface area (Å²) in [5.41, 5.74) is 0. The number of hydrogen-bond acceptors (Lipinski definition) is 5. The van der Waals surface area contributed by atoms with Crippen LogP contribution >= 0.6 is 0 Å². The van der Waals surface area contributed by atoms with Gasteiger partial charge in [-0.2, -0.15) is 0 Å². The van der Waals surface area contributed by atoms with E-state index in [-0.39, 0.29) is 13.2 Å². The molecule has 172 valence electrons. The molecule has 0 aromatic carbocycles. The molecule has 0 bridgehead atoms. The van der Waals surface area contributed by atoms with Gasteiger partial charge in [0.1, 0.15) is 24.4 Å². The summed E-state index contributed by atoms with van der Waals surface area (Å²) in [6.07, 6.45) is 19.6. The first-order chi connectivity index (χ1) is 14.2. The highest BCUT2D eigenvalue weighted by Gasteiger charge is 2.40. The van der Waals surface area contributed by atoms with Crippen LogP contribution in [0.5, 0.6) is 0 Å². The minimum absolute atomic E-state index is 0.147. The molecule has 4 atom stereocenters. The molecule has 1 aliphatic heterocycles. The zero-order valence-electron chi connectivity index (χ0n) is 18.6. The lowest BCUT2D eigenvalue weighted by Gasteiger charge is -2.23. The van der Waals surface area contributed by atoms with E-state index in [0.717, 1.165) is 19.3 Å².